The summed E-state index contributed by atoms with van der Waals surface area (Å²) in [7, 11) is 2.23. The summed E-state index contributed by atoms with van der Waals surface area (Å²) in [4.78, 5) is 5.03. The molecule has 5 rings (SSSR count). The van der Waals surface area contributed by atoms with Crippen LogP contribution in [0.15, 0.2) is 42.5 Å². The molecular weight excluding hydrogens is 400 g/mol. The van der Waals surface area contributed by atoms with Crippen molar-refractivity contribution in [1.29, 1.82) is 0 Å². The van der Waals surface area contributed by atoms with E-state index in [1.807, 2.05) is 13.8 Å². The number of nitrogens with zero attached hydrogens (tertiary/aromatic N) is 2. The summed E-state index contributed by atoms with van der Waals surface area (Å²) in [6.07, 6.45) is 3.99. The van der Waals surface area contributed by atoms with E-state index in [1.54, 1.807) is 16.7 Å². The van der Waals surface area contributed by atoms with Crippen molar-refractivity contribution in [3.05, 3.63) is 70.3 Å². The average molecular weight is 449 g/mol. The fourth-order valence-electron chi connectivity index (χ4n) is 5.29. The molecule has 0 bridgehead atoms. The van der Waals surface area contributed by atoms with Crippen molar-refractivity contribution < 1.29 is 0 Å². The van der Waals surface area contributed by atoms with Crippen molar-refractivity contribution in [3.63, 3.8) is 0 Å². The summed E-state index contributed by atoms with van der Waals surface area (Å²) in [6.45, 7) is 22.5. The van der Waals surface area contributed by atoms with Crippen LogP contribution in [0.2, 0.25) is 0 Å². The first-order chi connectivity index (χ1) is 15.5. The van der Waals surface area contributed by atoms with E-state index in [2.05, 4.69) is 101 Å². The largest absolute Gasteiger partial charge is 0.301 e. The Morgan fingerprint density at radius 1 is 0.788 bits per heavy atom. The van der Waals surface area contributed by atoms with E-state index in [4.69, 9.17) is 0 Å². The highest BCUT2D eigenvalue weighted by atomic mass is 15.2. The van der Waals surface area contributed by atoms with Gasteiger partial charge in [0.2, 0.25) is 0 Å². The minimum absolute atomic E-state index is 0.260. The first-order valence-corrected chi connectivity index (χ1v) is 13.1. The maximum absolute atomic E-state index is 2.58. The minimum Gasteiger partial charge on any atom is -0.301 e. The average Bonchev–Trinajstić information content (AvgIpc) is 3.53. The molecule has 0 radical (unpaired) electrons. The second-order valence-corrected chi connectivity index (χ2v) is 12.2. The Bertz CT molecular complexity index is 925. The lowest BCUT2D eigenvalue weighted by atomic mass is 9.83. The van der Waals surface area contributed by atoms with Gasteiger partial charge in [-0.2, -0.15) is 0 Å². The van der Waals surface area contributed by atoms with Crippen LogP contribution in [0.3, 0.4) is 0 Å². The predicted molar refractivity (Wildman–Crippen MR) is 144 cm³/mol. The van der Waals surface area contributed by atoms with Gasteiger partial charge in [0.1, 0.15) is 0 Å². The summed E-state index contributed by atoms with van der Waals surface area (Å²) < 4.78 is 0. The fraction of sp³-hybridized carbons (Fsp3) is 0.613. The van der Waals surface area contributed by atoms with Crippen LogP contribution in [0, 0.1) is 0 Å². The Morgan fingerprint density at radius 2 is 1.45 bits per heavy atom. The summed E-state index contributed by atoms with van der Waals surface area (Å²) >= 11 is 0. The zero-order chi connectivity index (χ0) is 24.4. The molecule has 1 aliphatic carbocycles. The van der Waals surface area contributed by atoms with Crippen molar-refractivity contribution in [2.75, 3.05) is 20.1 Å². The molecule has 0 aromatic heterocycles. The zero-order valence-corrected chi connectivity index (χ0v) is 22.9. The van der Waals surface area contributed by atoms with Crippen LogP contribution in [-0.4, -0.2) is 35.5 Å². The van der Waals surface area contributed by atoms with Gasteiger partial charge in [0.05, 0.1) is 0 Å². The molecule has 2 heteroatoms. The van der Waals surface area contributed by atoms with Gasteiger partial charge in [-0.05, 0) is 80.3 Å². The maximum atomic E-state index is 2.58. The quantitative estimate of drug-likeness (QED) is 0.416. The van der Waals surface area contributed by atoms with Crippen LogP contribution in [0.1, 0.15) is 96.0 Å². The van der Waals surface area contributed by atoms with Crippen LogP contribution in [0.25, 0.3) is 0 Å². The molecule has 2 aromatic carbocycles. The normalized spacial score (nSPS) is 19.4. The van der Waals surface area contributed by atoms with E-state index < -0.39 is 0 Å². The van der Waals surface area contributed by atoms with Crippen LogP contribution >= 0.6 is 0 Å². The molecule has 0 saturated heterocycles. The highest BCUT2D eigenvalue weighted by molar-refractivity contribution is 5.41. The zero-order valence-electron chi connectivity index (χ0n) is 22.9. The van der Waals surface area contributed by atoms with Gasteiger partial charge in [-0.1, -0.05) is 77.1 Å². The monoisotopic (exact) mass is 448 g/mol. The van der Waals surface area contributed by atoms with E-state index >= 15 is 0 Å². The summed E-state index contributed by atoms with van der Waals surface area (Å²) in [5.74, 6) is 0. The van der Waals surface area contributed by atoms with Gasteiger partial charge in [0.15, 0.2) is 0 Å². The predicted octanol–water partition coefficient (Wildman–Crippen LogP) is 7.33. The van der Waals surface area contributed by atoms with Gasteiger partial charge in [0.25, 0.3) is 0 Å². The number of hydrogen-bond acceptors (Lipinski definition) is 2. The summed E-state index contributed by atoms with van der Waals surface area (Å²) in [5.41, 5.74) is 8.82. The smallest absolute Gasteiger partial charge is 0.0241 e. The molecule has 3 aliphatic rings. The van der Waals surface area contributed by atoms with Crippen molar-refractivity contribution in [2.45, 2.75) is 104 Å². The highest BCUT2D eigenvalue weighted by Crippen LogP contribution is 2.51. The number of benzene rings is 2. The Kier molecular flexibility index (Phi) is 7.81. The molecule has 0 N–H and O–H groups in total. The van der Waals surface area contributed by atoms with Gasteiger partial charge in [0, 0.05) is 37.1 Å². The molecule has 182 valence electrons. The molecule has 1 spiro atoms. The van der Waals surface area contributed by atoms with E-state index in [0.717, 1.165) is 13.1 Å². The second kappa shape index (κ2) is 9.92. The molecular formula is C31H48N2. The SMILES string of the molecule is CC.CC(C)(C)c1ccc2c(c1)CCN(C(C)(C)C)C2.CN1Cc2ccccc2C2(CC2)C1. The molecule has 2 aromatic rings. The summed E-state index contributed by atoms with van der Waals surface area (Å²) in [6, 6.07) is 16.0. The molecule has 33 heavy (non-hydrogen) atoms. The fourth-order valence-corrected chi connectivity index (χ4v) is 5.29. The molecule has 2 aliphatic heterocycles. The van der Waals surface area contributed by atoms with Gasteiger partial charge >= 0.3 is 0 Å². The number of rotatable bonds is 0. The lowest BCUT2D eigenvalue weighted by Gasteiger charge is -2.39. The van der Waals surface area contributed by atoms with Gasteiger partial charge in [-0.3, -0.25) is 4.90 Å². The number of hydrogen-bond donors (Lipinski definition) is 0. The van der Waals surface area contributed by atoms with Crippen LogP contribution in [-0.2, 0) is 30.3 Å². The third kappa shape index (κ3) is 6.08. The molecule has 2 nitrogen and oxygen atoms in total. The first kappa shape index (κ1) is 26.0. The van der Waals surface area contributed by atoms with Gasteiger partial charge < -0.3 is 4.90 Å². The molecule has 1 saturated carbocycles. The minimum atomic E-state index is 0.260. The standard InChI is InChI=1S/C17H27N.C12H15N.C2H6/c1-16(2,3)15-8-7-14-12-18(17(4,5)6)10-9-13(14)11-15;1-13-8-10-4-2-3-5-11(10)12(9-13)6-7-12;1-2/h7-8,11H,9-10,12H2,1-6H3;2-5H,6-9H2,1H3;1-2H3. The van der Waals surface area contributed by atoms with Gasteiger partial charge in [-0.15, -0.1) is 0 Å². The molecule has 1 fully saturated rings. The number of likely N-dealkylation sites (N-methyl/N-ethyl adjacent to an activating group) is 1. The maximum Gasteiger partial charge on any atom is 0.0241 e. The van der Waals surface area contributed by atoms with Gasteiger partial charge in [-0.25, -0.2) is 0 Å². The van der Waals surface area contributed by atoms with Crippen LogP contribution in [0.4, 0.5) is 0 Å². The van der Waals surface area contributed by atoms with E-state index in [1.165, 1.54) is 43.5 Å². The van der Waals surface area contributed by atoms with E-state index in [9.17, 15) is 0 Å². The lowest BCUT2D eigenvalue weighted by molar-refractivity contribution is 0.121. The Labute approximate surface area is 204 Å². The number of fused-ring (bicyclic) bond motifs is 3. The molecule has 2 heterocycles. The topological polar surface area (TPSA) is 6.48 Å². The van der Waals surface area contributed by atoms with Crippen molar-refractivity contribution in [1.82, 2.24) is 9.80 Å². The molecule has 0 unspecified atom stereocenters. The van der Waals surface area contributed by atoms with Crippen molar-refractivity contribution in [2.24, 2.45) is 0 Å². The van der Waals surface area contributed by atoms with E-state index in [-0.39, 0.29) is 11.0 Å². The van der Waals surface area contributed by atoms with Crippen molar-refractivity contribution >= 4 is 0 Å². The molecule has 0 atom stereocenters. The Morgan fingerprint density at radius 3 is 2.06 bits per heavy atom. The lowest BCUT2D eigenvalue weighted by Crippen LogP contribution is -2.44. The third-order valence-corrected chi connectivity index (χ3v) is 7.49. The third-order valence-electron chi connectivity index (χ3n) is 7.49. The van der Waals surface area contributed by atoms with E-state index in [0.29, 0.717) is 5.41 Å². The van der Waals surface area contributed by atoms with Crippen LogP contribution < -0.4 is 0 Å². The summed E-state index contributed by atoms with van der Waals surface area (Å²) in [5, 5.41) is 0. The Hall–Kier alpha value is -1.64. The molecule has 0 amide bonds. The second-order valence-electron chi connectivity index (χ2n) is 12.2. The Balaban J connectivity index is 0.000000179. The highest BCUT2D eigenvalue weighted by Gasteiger charge is 2.47. The van der Waals surface area contributed by atoms with Crippen LogP contribution in [0.5, 0.6) is 0 Å². The van der Waals surface area contributed by atoms with Crippen molar-refractivity contribution in [3.8, 4) is 0 Å². The first-order valence-electron chi connectivity index (χ1n) is 13.1.